The lowest BCUT2D eigenvalue weighted by molar-refractivity contribution is 0.106. The Morgan fingerprint density at radius 3 is 1.92 bits per heavy atom. The monoisotopic (exact) mass is 186 g/mol. The third-order valence-corrected chi connectivity index (χ3v) is 3.31. The van der Waals surface area contributed by atoms with E-state index < -0.39 is 0 Å². The summed E-state index contributed by atoms with van der Waals surface area (Å²) < 4.78 is 0. The maximum atomic E-state index is 4.96. The molecule has 0 saturated carbocycles. The maximum absolute atomic E-state index is 4.96. The average Bonchev–Trinajstić information content (AvgIpc) is 1.86. The molecule has 12 heavy (non-hydrogen) atoms. The lowest BCUT2D eigenvalue weighted by atomic mass is 9.64. The van der Waals surface area contributed by atoms with Gasteiger partial charge in [0.1, 0.15) is 0 Å². The molecule has 1 atom stereocenters. The summed E-state index contributed by atoms with van der Waals surface area (Å²) in [5.41, 5.74) is 0.738. The van der Waals surface area contributed by atoms with Gasteiger partial charge in [0.05, 0.1) is 0 Å². The summed E-state index contributed by atoms with van der Waals surface area (Å²) in [5.74, 6) is 0. The van der Waals surface area contributed by atoms with E-state index in [0.717, 1.165) is 6.42 Å². The third kappa shape index (κ3) is 2.85. The van der Waals surface area contributed by atoms with Gasteiger partial charge in [0.25, 0.3) is 0 Å². The van der Waals surface area contributed by atoms with Crippen molar-refractivity contribution in [1.29, 1.82) is 0 Å². The van der Waals surface area contributed by atoms with E-state index in [0.29, 0.717) is 10.8 Å². The lowest BCUT2D eigenvalue weighted by Gasteiger charge is -2.41. The van der Waals surface area contributed by atoms with Crippen LogP contribution in [-0.4, -0.2) is 5.37 Å². The molecule has 0 aliphatic carbocycles. The molecule has 0 N–H and O–H groups in total. The van der Waals surface area contributed by atoms with E-state index in [1.54, 1.807) is 0 Å². The fraction of sp³-hybridized carbons (Fsp3) is 0.909. The SMILES string of the molecule is CCCC(C)(CC=S)C(C)(C)C. The maximum Gasteiger partial charge on any atom is -0.0186 e. The first-order valence-electron chi connectivity index (χ1n) is 4.81. The van der Waals surface area contributed by atoms with E-state index in [2.05, 4.69) is 34.6 Å². The molecule has 0 aliphatic heterocycles. The van der Waals surface area contributed by atoms with Gasteiger partial charge in [-0.25, -0.2) is 0 Å². The summed E-state index contributed by atoms with van der Waals surface area (Å²) in [6.45, 7) is 11.5. The molecule has 0 fully saturated rings. The second-order valence-electron chi connectivity index (χ2n) is 4.93. The van der Waals surface area contributed by atoms with E-state index in [1.165, 1.54) is 12.8 Å². The van der Waals surface area contributed by atoms with E-state index in [9.17, 15) is 0 Å². The summed E-state index contributed by atoms with van der Waals surface area (Å²) in [6, 6.07) is 0. The van der Waals surface area contributed by atoms with Gasteiger partial charge in [-0.3, -0.25) is 0 Å². The van der Waals surface area contributed by atoms with Gasteiger partial charge in [-0.05, 0) is 29.0 Å². The van der Waals surface area contributed by atoms with Crippen LogP contribution in [0.3, 0.4) is 0 Å². The fourth-order valence-corrected chi connectivity index (χ4v) is 1.89. The highest BCUT2D eigenvalue weighted by atomic mass is 32.1. The highest BCUT2D eigenvalue weighted by Crippen LogP contribution is 2.44. The van der Waals surface area contributed by atoms with Crippen molar-refractivity contribution in [3.8, 4) is 0 Å². The van der Waals surface area contributed by atoms with Crippen molar-refractivity contribution in [2.75, 3.05) is 0 Å². The second-order valence-corrected chi connectivity index (χ2v) is 5.26. The van der Waals surface area contributed by atoms with Crippen LogP contribution in [0.1, 0.15) is 53.9 Å². The molecule has 0 aromatic rings. The van der Waals surface area contributed by atoms with Crippen LogP contribution >= 0.6 is 12.2 Å². The standard InChI is InChI=1S/C11H22S/c1-6-7-11(5,8-9-12)10(2,3)4/h9H,6-8H2,1-5H3. The summed E-state index contributed by atoms with van der Waals surface area (Å²) in [4.78, 5) is 0. The van der Waals surface area contributed by atoms with Crippen molar-refractivity contribution in [1.82, 2.24) is 0 Å². The highest BCUT2D eigenvalue weighted by Gasteiger charge is 2.35. The van der Waals surface area contributed by atoms with Crippen molar-refractivity contribution in [3.05, 3.63) is 0 Å². The normalized spacial score (nSPS) is 17.1. The Bertz CT molecular complexity index is 144. The molecular formula is C11H22S. The van der Waals surface area contributed by atoms with Gasteiger partial charge in [-0.2, -0.15) is 0 Å². The van der Waals surface area contributed by atoms with Crippen molar-refractivity contribution in [2.24, 2.45) is 10.8 Å². The average molecular weight is 186 g/mol. The number of hydrogen-bond acceptors (Lipinski definition) is 1. The predicted molar refractivity (Wildman–Crippen MR) is 60.7 cm³/mol. The van der Waals surface area contributed by atoms with Crippen LogP contribution in [0.2, 0.25) is 0 Å². The van der Waals surface area contributed by atoms with Crippen LogP contribution in [0.15, 0.2) is 0 Å². The molecule has 72 valence electrons. The van der Waals surface area contributed by atoms with E-state index in [1.807, 2.05) is 5.37 Å². The van der Waals surface area contributed by atoms with Gasteiger partial charge in [-0.15, -0.1) is 0 Å². The summed E-state index contributed by atoms with van der Waals surface area (Å²) in [7, 11) is 0. The summed E-state index contributed by atoms with van der Waals surface area (Å²) >= 11 is 4.96. The van der Waals surface area contributed by atoms with Crippen molar-refractivity contribution in [2.45, 2.75) is 53.9 Å². The minimum Gasteiger partial charge on any atom is -0.0935 e. The van der Waals surface area contributed by atoms with Crippen LogP contribution in [-0.2, 0) is 0 Å². The van der Waals surface area contributed by atoms with E-state index >= 15 is 0 Å². The van der Waals surface area contributed by atoms with Crippen molar-refractivity contribution in [3.63, 3.8) is 0 Å². The van der Waals surface area contributed by atoms with Gasteiger partial charge in [0.15, 0.2) is 0 Å². The van der Waals surface area contributed by atoms with Crippen LogP contribution in [0.25, 0.3) is 0 Å². The first-order chi connectivity index (χ1) is 5.37. The largest absolute Gasteiger partial charge is 0.0935 e. The van der Waals surface area contributed by atoms with Crippen molar-refractivity contribution < 1.29 is 0 Å². The lowest BCUT2D eigenvalue weighted by Crippen LogP contribution is -2.32. The van der Waals surface area contributed by atoms with Crippen LogP contribution in [0.4, 0.5) is 0 Å². The first kappa shape index (κ1) is 12.1. The highest BCUT2D eigenvalue weighted by molar-refractivity contribution is 7.78. The topological polar surface area (TPSA) is 0 Å². The Labute approximate surface area is 82.7 Å². The molecule has 0 aromatic carbocycles. The van der Waals surface area contributed by atoms with E-state index in [-0.39, 0.29) is 0 Å². The van der Waals surface area contributed by atoms with Gasteiger partial charge < -0.3 is 0 Å². The number of rotatable bonds is 4. The molecule has 0 radical (unpaired) electrons. The smallest absolute Gasteiger partial charge is 0.0186 e. The Balaban J connectivity index is 4.48. The van der Waals surface area contributed by atoms with Gasteiger partial charge in [-0.1, -0.05) is 53.3 Å². The molecule has 0 saturated heterocycles. The minimum absolute atomic E-state index is 0.359. The first-order valence-corrected chi connectivity index (χ1v) is 5.28. The summed E-state index contributed by atoms with van der Waals surface area (Å²) in [5, 5.41) is 1.89. The molecule has 0 heterocycles. The van der Waals surface area contributed by atoms with Gasteiger partial charge in [0.2, 0.25) is 0 Å². The molecule has 1 unspecified atom stereocenters. The van der Waals surface area contributed by atoms with Crippen molar-refractivity contribution >= 4 is 17.6 Å². The Morgan fingerprint density at radius 2 is 1.67 bits per heavy atom. The van der Waals surface area contributed by atoms with Gasteiger partial charge >= 0.3 is 0 Å². The second kappa shape index (κ2) is 4.36. The van der Waals surface area contributed by atoms with E-state index in [4.69, 9.17) is 12.2 Å². The number of hydrogen-bond donors (Lipinski definition) is 0. The van der Waals surface area contributed by atoms with Crippen LogP contribution < -0.4 is 0 Å². The molecule has 1 heteroatoms. The van der Waals surface area contributed by atoms with Crippen LogP contribution in [0.5, 0.6) is 0 Å². The molecular weight excluding hydrogens is 164 g/mol. The Kier molecular flexibility index (Phi) is 4.39. The molecule has 0 bridgehead atoms. The van der Waals surface area contributed by atoms with Gasteiger partial charge in [0, 0.05) is 0 Å². The van der Waals surface area contributed by atoms with Crippen LogP contribution in [0, 0.1) is 10.8 Å². The molecule has 0 aromatic heterocycles. The zero-order chi connectivity index (χ0) is 9.83. The number of thiocarbonyl (C=S) groups is 1. The molecule has 0 rings (SSSR count). The molecule has 0 spiro atoms. The Morgan fingerprint density at radius 1 is 1.17 bits per heavy atom. The zero-order valence-corrected chi connectivity index (χ0v) is 9.92. The molecule has 0 amide bonds. The molecule has 0 aliphatic rings. The quantitative estimate of drug-likeness (QED) is 0.592. The fourth-order valence-electron chi connectivity index (χ4n) is 1.52. The minimum atomic E-state index is 0.359. The predicted octanol–water partition coefficient (Wildman–Crippen LogP) is 4.23. The summed E-state index contributed by atoms with van der Waals surface area (Å²) in [6.07, 6.45) is 3.57. The third-order valence-electron chi connectivity index (χ3n) is 3.15. The molecule has 0 nitrogen and oxygen atoms in total. The Hall–Kier alpha value is 0.0900. The zero-order valence-electron chi connectivity index (χ0n) is 9.11.